The summed E-state index contributed by atoms with van der Waals surface area (Å²) in [7, 11) is 0. The highest BCUT2D eigenvalue weighted by atomic mass is 32.1. The van der Waals surface area contributed by atoms with E-state index in [4.69, 9.17) is 0 Å². The molecule has 1 heterocycles. The van der Waals surface area contributed by atoms with Crippen molar-refractivity contribution in [1.82, 2.24) is 8.75 Å². The third-order valence-electron chi connectivity index (χ3n) is 2.21. The minimum Gasteiger partial charge on any atom is -0.321 e. The molecule has 1 amide bonds. The molecule has 0 fully saturated rings. The molecule has 0 saturated heterocycles. The zero-order valence-corrected chi connectivity index (χ0v) is 9.62. The molecule has 2 rings (SSSR count). The molecule has 16 heavy (non-hydrogen) atoms. The van der Waals surface area contributed by atoms with Crippen molar-refractivity contribution in [2.45, 2.75) is 13.3 Å². The van der Waals surface area contributed by atoms with Gasteiger partial charge in [-0.2, -0.15) is 8.75 Å². The summed E-state index contributed by atoms with van der Waals surface area (Å²) >= 11 is 1.02. The van der Waals surface area contributed by atoms with Crippen molar-refractivity contribution >= 4 is 23.3 Å². The highest BCUT2D eigenvalue weighted by molar-refractivity contribution is 6.99. The Hall–Kier alpha value is -1.75. The second-order valence-corrected chi connectivity index (χ2v) is 3.85. The van der Waals surface area contributed by atoms with E-state index in [2.05, 4.69) is 21.0 Å². The molecule has 82 valence electrons. The average Bonchev–Trinajstić information content (AvgIpc) is 2.83. The lowest BCUT2D eigenvalue weighted by atomic mass is 10.1. The van der Waals surface area contributed by atoms with Crippen LogP contribution in [0.5, 0.6) is 0 Å². The number of nitrogens with zero attached hydrogens (tertiary/aromatic N) is 2. The van der Waals surface area contributed by atoms with Gasteiger partial charge >= 0.3 is 0 Å². The normalized spacial score (nSPS) is 10.1. The van der Waals surface area contributed by atoms with Crippen LogP contribution < -0.4 is 5.32 Å². The van der Waals surface area contributed by atoms with Crippen molar-refractivity contribution in [3.63, 3.8) is 0 Å². The van der Waals surface area contributed by atoms with Gasteiger partial charge in [0, 0.05) is 5.69 Å². The molecule has 0 aliphatic rings. The lowest BCUT2D eigenvalue weighted by Crippen LogP contribution is -2.11. The Labute approximate surface area is 97.7 Å². The molecule has 0 spiro atoms. The van der Waals surface area contributed by atoms with E-state index >= 15 is 0 Å². The number of nitrogens with one attached hydrogen (secondary N) is 1. The van der Waals surface area contributed by atoms with Crippen LogP contribution in [0.2, 0.25) is 0 Å². The maximum absolute atomic E-state index is 11.6. The lowest BCUT2D eigenvalue weighted by Gasteiger charge is -2.03. The zero-order chi connectivity index (χ0) is 11.4. The molecule has 0 radical (unpaired) electrons. The molecule has 5 heteroatoms. The topological polar surface area (TPSA) is 54.9 Å². The Kier molecular flexibility index (Phi) is 3.26. The number of carbonyl (C=O) groups is 1. The van der Waals surface area contributed by atoms with Crippen LogP contribution in [0, 0.1) is 0 Å². The number of amides is 1. The van der Waals surface area contributed by atoms with E-state index in [0.717, 1.165) is 23.8 Å². The number of rotatable bonds is 3. The van der Waals surface area contributed by atoms with Crippen molar-refractivity contribution in [3.8, 4) is 0 Å². The van der Waals surface area contributed by atoms with Gasteiger partial charge in [-0.05, 0) is 24.1 Å². The molecule has 1 aromatic heterocycles. The summed E-state index contributed by atoms with van der Waals surface area (Å²) in [4.78, 5) is 11.6. The van der Waals surface area contributed by atoms with Crippen LogP contribution in [0.4, 0.5) is 5.69 Å². The quantitative estimate of drug-likeness (QED) is 0.885. The molecule has 2 aromatic rings. The molecule has 0 bridgehead atoms. The van der Waals surface area contributed by atoms with Gasteiger partial charge in [-0.25, -0.2) is 0 Å². The number of aromatic nitrogens is 2. The van der Waals surface area contributed by atoms with Crippen molar-refractivity contribution < 1.29 is 4.79 Å². The van der Waals surface area contributed by atoms with Gasteiger partial charge in [0.05, 0.1) is 17.9 Å². The van der Waals surface area contributed by atoms with E-state index in [-0.39, 0.29) is 5.91 Å². The molecule has 0 atom stereocenters. The minimum atomic E-state index is -0.224. The van der Waals surface area contributed by atoms with Gasteiger partial charge < -0.3 is 5.32 Å². The maximum Gasteiger partial charge on any atom is 0.277 e. The highest BCUT2D eigenvalue weighted by Gasteiger charge is 2.08. The molecule has 0 aliphatic heterocycles. The first kappa shape index (κ1) is 10.8. The molecule has 0 aliphatic carbocycles. The van der Waals surface area contributed by atoms with Gasteiger partial charge in [-0.15, -0.1) is 0 Å². The van der Waals surface area contributed by atoms with Gasteiger partial charge in [0.15, 0.2) is 5.69 Å². The minimum absolute atomic E-state index is 0.224. The van der Waals surface area contributed by atoms with Gasteiger partial charge in [-0.1, -0.05) is 19.1 Å². The fourth-order valence-electron chi connectivity index (χ4n) is 1.28. The highest BCUT2D eigenvalue weighted by Crippen LogP contribution is 2.11. The number of hydrogen-bond acceptors (Lipinski definition) is 4. The van der Waals surface area contributed by atoms with E-state index in [1.54, 1.807) is 0 Å². The third kappa shape index (κ3) is 2.43. The van der Waals surface area contributed by atoms with Crippen LogP contribution in [0.25, 0.3) is 0 Å². The number of anilines is 1. The SMILES string of the molecule is CCc1ccc(NC(=O)c2cnsn2)cc1. The molecular weight excluding hydrogens is 222 g/mol. The Morgan fingerprint density at radius 1 is 1.38 bits per heavy atom. The van der Waals surface area contributed by atoms with Gasteiger partial charge in [-0.3, -0.25) is 4.79 Å². The second-order valence-electron chi connectivity index (χ2n) is 3.30. The number of hydrogen-bond donors (Lipinski definition) is 1. The van der Waals surface area contributed by atoms with Crippen molar-refractivity contribution in [2.75, 3.05) is 5.32 Å². The fraction of sp³-hybridized carbons (Fsp3) is 0.182. The summed E-state index contributed by atoms with van der Waals surface area (Å²) in [5.41, 5.74) is 2.37. The second kappa shape index (κ2) is 4.85. The van der Waals surface area contributed by atoms with Crippen molar-refractivity contribution in [3.05, 3.63) is 41.7 Å². The summed E-state index contributed by atoms with van der Waals surface area (Å²) in [5.74, 6) is -0.224. The van der Waals surface area contributed by atoms with Crippen molar-refractivity contribution in [2.24, 2.45) is 0 Å². The molecule has 1 aromatic carbocycles. The predicted octanol–water partition coefficient (Wildman–Crippen LogP) is 2.35. The first-order valence-corrected chi connectivity index (χ1v) is 5.70. The Balaban J connectivity index is 2.06. The fourth-order valence-corrected chi connectivity index (χ4v) is 1.70. The van der Waals surface area contributed by atoms with Crippen LogP contribution in [0.15, 0.2) is 30.5 Å². The van der Waals surface area contributed by atoms with E-state index in [0.29, 0.717) is 5.69 Å². The summed E-state index contributed by atoms with van der Waals surface area (Å²) in [5, 5.41) is 2.76. The summed E-state index contributed by atoms with van der Waals surface area (Å²) in [6.45, 7) is 2.09. The van der Waals surface area contributed by atoms with Crippen LogP contribution in [-0.2, 0) is 6.42 Å². The molecule has 1 N–H and O–H groups in total. The lowest BCUT2D eigenvalue weighted by molar-refractivity contribution is 0.102. The Morgan fingerprint density at radius 2 is 2.12 bits per heavy atom. The molecule has 4 nitrogen and oxygen atoms in total. The Bertz CT molecular complexity index is 464. The number of aryl methyl sites for hydroxylation is 1. The van der Waals surface area contributed by atoms with Crippen LogP contribution in [-0.4, -0.2) is 14.7 Å². The monoisotopic (exact) mass is 233 g/mol. The smallest absolute Gasteiger partial charge is 0.277 e. The molecule has 0 saturated carbocycles. The summed E-state index contributed by atoms with van der Waals surface area (Å²) < 4.78 is 7.65. The predicted molar refractivity (Wildman–Crippen MR) is 63.7 cm³/mol. The van der Waals surface area contributed by atoms with E-state index < -0.39 is 0 Å². The Morgan fingerprint density at radius 3 is 2.69 bits per heavy atom. The first-order valence-electron chi connectivity index (χ1n) is 4.97. The summed E-state index contributed by atoms with van der Waals surface area (Å²) in [6, 6.07) is 7.76. The summed E-state index contributed by atoms with van der Waals surface area (Å²) in [6.07, 6.45) is 2.45. The zero-order valence-electron chi connectivity index (χ0n) is 8.80. The van der Waals surface area contributed by atoms with Crippen LogP contribution in [0.1, 0.15) is 23.0 Å². The third-order valence-corrected chi connectivity index (χ3v) is 2.69. The molecule has 0 unspecified atom stereocenters. The van der Waals surface area contributed by atoms with Crippen LogP contribution in [0.3, 0.4) is 0 Å². The van der Waals surface area contributed by atoms with E-state index in [1.165, 1.54) is 11.8 Å². The van der Waals surface area contributed by atoms with Gasteiger partial charge in [0.2, 0.25) is 0 Å². The largest absolute Gasteiger partial charge is 0.321 e. The average molecular weight is 233 g/mol. The number of carbonyl (C=O) groups excluding carboxylic acids is 1. The maximum atomic E-state index is 11.6. The van der Waals surface area contributed by atoms with Crippen LogP contribution >= 0.6 is 11.7 Å². The van der Waals surface area contributed by atoms with Crippen molar-refractivity contribution in [1.29, 1.82) is 0 Å². The van der Waals surface area contributed by atoms with Gasteiger partial charge in [0.1, 0.15) is 0 Å². The van der Waals surface area contributed by atoms with E-state index in [1.807, 2.05) is 24.3 Å². The number of benzene rings is 1. The molecular formula is C11H11N3OS. The first-order chi connectivity index (χ1) is 7.79. The van der Waals surface area contributed by atoms with E-state index in [9.17, 15) is 4.79 Å². The van der Waals surface area contributed by atoms with Gasteiger partial charge in [0.25, 0.3) is 5.91 Å². The standard InChI is InChI=1S/C11H11N3OS/c1-2-8-3-5-9(6-4-8)13-11(15)10-7-12-16-14-10/h3-7H,2H2,1H3,(H,13,15).